The van der Waals surface area contributed by atoms with Crippen molar-refractivity contribution < 1.29 is 0 Å². The van der Waals surface area contributed by atoms with Crippen molar-refractivity contribution in [3.8, 4) is 0 Å². The average molecular weight is 255 g/mol. The van der Waals surface area contributed by atoms with Gasteiger partial charge >= 0.3 is 0 Å². The normalized spacial score (nSPS) is 19.3. The van der Waals surface area contributed by atoms with Gasteiger partial charge in [0.15, 0.2) is 0 Å². The minimum atomic E-state index is 0.637. The Morgan fingerprint density at radius 2 is 2.06 bits per heavy atom. The minimum absolute atomic E-state index is 0.637. The fourth-order valence-electron chi connectivity index (χ4n) is 2.38. The second-order valence-electron chi connectivity index (χ2n) is 4.90. The van der Waals surface area contributed by atoms with E-state index in [0.717, 1.165) is 6.54 Å². The van der Waals surface area contributed by atoms with Crippen LogP contribution in [0.2, 0.25) is 0 Å². The molecule has 0 aromatic heterocycles. The van der Waals surface area contributed by atoms with Crippen LogP contribution in [-0.4, -0.2) is 24.1 Å². The number of thioether (sulfide) groups is 1. The lowest BCUT2D eigenvalue weighted by molar-refractivity contribution is 0.554. The van der Waals surface area contributed by atoms with Crippen LogP contribution in [-0.2, 0) is 0 Å². The summed E-state index contributed by atoms with van der Waals surface area (Å²) in [4.78, 5) is 0. The van der Waals surface area contributed by atoms with E-state index in [1.165, 1.54) is 56.5 Å². The van der Waals surface area contributed by atoms with E-state index in [9.17, 15) is 0 Å². The summed E-state index contributed by atoms with van der Waals surface area (Å²) in [7, 11) is 0. The first kappa shape index (κ1) is 15.1. The average Bonchev–Trinajstić information content (AvgIpc) is 2.30. The summed E-state index contributed by atoms with van der Waals surface area (Å²) in [6.07, 6.45) is 12.0. The van der Waals surface area contributed by atoms with Gasteiger partial charge in [0.1, 0.15) is 0 Å². The van der Waals surface area contributed by atoms with Gasteiger partial charge in [-0.25, -0.2) is 0 Å². The molecule has 0 spiro atoms. The summed E-state index contributed by atoms with van der Waals surface area (Å²) in [5.41, 5.74) is 1.69. The SMILES string of the molecule is CCCNC(CSCC)C1=CCCCCCC1. The Labute approximate surface area is 112 Å². The van der Waals surface area contributed by atoms with Gasteiger partial charge in [-0.3, -0.25) is 0 Å². The van der Waals surface area contributed by atoms with Crippen molar-refractivity contribution in [3.05, 3.63) is 11.6 Å². The second-order valence-corrected chi connectivity index (χ2v) is 6.22. The van der Waals surface area contributed by atoms with Gasteiger partial charge in [-0.1, -0.05) is 38.3 Å². The van der Waals surface area contributed by atoms with E-state index in [0.29, 0.717) is 6.04 Å². The number of rotatable bonds is 7. The lowest BCUT2D eigenvalue weighted by atomic mass is 9.95. The van der Waals surface area contributed by atoms with Gasteiger partial charge in [0, 0.05) is 11.8 Å². The maximum atomic E-state index is 3.73. The van der Waals surface area contributed by atoms with Crippen molar-refractivity contribution in [1.82, 2.24) is 5.32 Å². The molecule has 100 valence electrons. The molecule has 0 radical (unpaired) electrons. The highest BCUT2D eigenvalue weighted by atomic mass is 32.2. The van der Waals surface area contributed by atoms with Gasteiger partial charge < -0.3 is 5.32 Å². The number of nitrogens with one attached hydrogen (secondary N) is 1. The van der Waals surface area contributed by atoms with Crippen LogP contribution in [0, 0.1) is 0 Å². The molecule has 0 fully saturated rings. The van der Waals surface area contributed by atoms with Crippen LogP contribution in [0.1, 0.15) is 58.8 Å². The Morgan fingerprint density at radius 1 is 1.24 bits per heavy atom. The van der Waals surface area contributed by atoms with Crippen LogP contribution in [0.3, 0.4) is 0 Å². The first-order valence-corrected chi connectivity index (χ1v) is 8.54. The summed E-state index contributed by atoms with van der Waals surface area (Å²) >= 11 is 2.07. The van der Waals surface area contributed by atoms with Crippen LogP contribution in [0.25, 0.3) is 0 Å². The molecule has 1 atom stereocenters. The molecule has 0 amide bonds. The van der Waals surface area contributed by atoms with E-state index in [4.69, 9.17) is 0 Å². The summed E-state index contributed by atoms with van der Waals surface area (Å²) in [6.45, 7) is 5.67. The first-order valence-electron chi connectivity index (χ1n) is 7.38. The highest BCUT2D eigenvalue weighted by molar-refractivity contribution is 7.99. The van der Waals surface area contributed by atoms with E-state index in [1.54, 1.807) is 5.57 Å². The fourth-order valence-corrected chi connectivity index (χ4v) is 3.19. The molecule has 0 aromatic carbocycles. The van der Waals surface area contributed by atoms with Gasteiger partial charge in [0.2, 0.25) is 0 Å². The zero-order valence-electron chi connectivity index (χ0n) is 11.6. The maximum absolute atomic E-state index is 3.73. The lowest BCUT2D eigenvalue weighted by Gasteiger charge is -2.23. The molecule has 1 N–H and O–H groups in total. The van der Waals surface area contributed by atoms with Crippen molar-refractivity contribution in [3.63, 3.8) is 0 Å². The quantitative estimate of drug-likeness (QED) is 0.677. The topological polar surface area (TPSA) is 12.0 Å². The van der Waals surface area contributed by atoms with Crippen molar-refractivity contribution >= 4 is 11.8 Å². The molecular weight excluding hydrogens is 226 g/mol. The van der Waals surface area contributed by atoms with Crippen molar-refractivity contribution in [2.45, 2.75) is 64.8 Å². The van der Waals surface area contributed by atoms with Gasteiger partial charge in [-0.2, -0.15) is 11.8 Å². The molecule has 17 heavy (non-hydrogen) atoms. The summed E-state index contributed by atoms with van der Waals surface area (Å²) in [6, 6.07) is 0.637. The fraction of sp³-hybridized carbons (Fsp3) is 0.867. The molecule has 1 aliphatic carbocycles. The van der Waals surface area contributed by atoms with Gasteiger partial charge in [0.05, 0.1) is 0 Å². The highest BCUT2D eigenvalue weighted by Gasteiger charge is 2.13. The van der Waals surface area contributed by atoms with E-state index in [2.05, 4.69) is 37.0 Å². The predicted octanol–water partition coefficient (Wildman–Crippen LogP) is 4.39. The summed E-state index contributed by atoms with van der Waals surface area (Å²) in [5.74, 6) is 2.49. The van der Waals surface area contributed by atoms with Crippen LogP contribution < -0.4 is 5.32 Å². The van der Waals surface area contributed by atoms with Crippen LogP contribution in [0.15, 0.2) is 11.6 Å². The van der Waals surface area contributed by atoms with E-state index in [-0.39, 0.29) is 0 Å². The molecule has 1 aliphatic rings. The lowest BCUT2D eigenvalue weighted by Crippen LogP contribution is -2.34. The van der Waals surface area contributed by atoms with Gasteiger partial charge in [-0.15, -0.1) is 0 Å². The second kappa shape index (κ2) is 10.0. The molecule has 0 heterocycles. The molecule has 2 heteroatoms. The third-order valence-corrected chi connectivity index (χ3v) is 4.38. The van der Waals surface area contributed by atoms with Crippen molar-refractivity contribution in [1.29, 1.82) is 0 Å². The molecule has 0 saturated heterocycles. The standard InChI is InChI=1S/C15H29NS/c1-3-12-16-15(13-17-4-2)14-10-8-6-5-7-9-11-14/h10,15-16H,3-9,11-13H2,1-2H3. The maximum Gasteiger partial charge on any atom is 0.0370 e. The third kappa shape index (κ3) is 6.52. The monoisotopic (exact) mass is 255 g/mol. The van der Waals surface area contributed by atoms with Crippen molar-refractivity contribution in [2.75, 3.05) is 18.1 Å². The molecule has 0 bridgehead atoms. The highest BCUT2D eigenvalue weighted by Crippen LogP contribution is 2.21. The molecule has 0 saturated carbocycles. The third-order valence-electron chi connectivity index (χ3n) is 3.40. The number of hydrogen-bond donors (Lipinski definition) is 1. The van der Waals surface area contributed by atoms with Crippen molar-refractivity contribution in [2.24, 2.45) is 0 Å². The molecule has 0 aliphatic heterocycles. The van der Waals surface area contributed by atoms with Gasteiger partial charge in [-0.05, 0) is 44.4 Å². The Hall–Kier alpha value is 0.0500. The Bertz CT molecular complexity index is 205. The van der Waals surface area contributed by atoms with Crippen LogP contribution in [0.4, 0.5) is 0 Å². The van der Waals surface area contributed by atoms with E-state index < -0.39 is 0 Å². The van der Waals surface area contributed by atoms with E-state index in [1.807, 2.05) is 0 Å². The molecule has 1 unspecified atom stereocenters. The smallest absolute Gasteiger partial charge is 0.0370 e. The van der Waals surface area contributed by atoms with E-state index >= 15 is 0 Å². The Morgan fingerprint density at radius 3 is 2.82 bits per heavy atom. The van der Waals surface area contributed by atoms with Crippen LogP contribution in [0.5, 0.6) is 0 Å². The molecule has 1 rings (SSSR count). The first-order chi connectivity index (χ1) is 8.38. The zero-order chi connectivity index (χ0) is 12.3. The number of allylic oxidation sites excluding steroid dienone is 1. The van der Waals surface area contributed by atoms with Crippen LogP contribution >= 0.6 is 11.8 Å². The van der Waals surface area contributed by atoms with Gasteiger partial charge in [0.25, 0.3) is 0 Å². The predicted molar refractivity (Wildman–Crippen MR) is 80.9 cm³/mol. The molecular formula is C15H29NS. The number of hydrogen-bond acceptors (Lipinski definition) is 2. The molecule has 0 aromatic rings. The minimum Gasteiger partial charge on any atom is -0.310 e. The zero-order valence-corrected chi connectivity index (χ0v) is 12.5. The summed E-state index contributed by atoms with van der Waals surface area (Å²) < 4.78 is 0. The Kier molecular flexibility index (Phi) is 8.90. The Balaban J connectivity index is 2.51. The summed E-state index contributed by atoms with van der Waals surface area (Å²) in [5, 5.41) is 3.73. The molecule has 1 nitrogen and oxygen atoms in total. The largest absolute Gasteiger partial charge is 0.310 e.